The number of nitrogens with zero attached hydrogens (tertiary/aromatic N) is 1. The van der Waals surface area contributed by atoms with Crippen LogP contribution in [0.3, 0.4) is 0 Å². The standard InChI is InChI=1S/C15H26N2O3/c1-2-16-15(19)13-11-20-9-8-17(13)10-14(18)12-6-4-3-5-7-12/h12-13H,2-11H2,1H3,(H,16,19). The summed E-state index contributed by atoms with van der Waals surface area (Å²) in [6, 6.07) is -0.309. The highest BCUT2D eigenvalue weighted by Crippen LogP contribution is 2.25. The van der Waals surface area contributed by atoms with E-state index < -0.39 is 0 Å². The summed E-state index contributed by atoms with van der Waals surface area (Å²) >= 11 is 0. The molecule has 0 aromatic rings. The van der Waals surface area contributed by atoms with Crippen molar-refractivity contribution >= 4 is 11.7 Å². The molecule has 5 nitrogen and oxygen atoms in total. The molecule has 0 spiro atoms. The molecule has 1 N–H and O–H groups in total. The Labute approximate surface area is 121 Å². The smallest absolute Gasteiger partial charge is 0.239 e. The predicted molar refractivity (Wildman–Crippen MR) is 76.4 cm³/mol. The molecule has 2 aliphatic rings. The Balaban J connectivity index is 1.90. The maximum Gasteiger partial charge on any atom is 0.239 e. The second-order valence-electron chi connectivity index (χ2n) is 5.76. The van der Waals surface area contributed by atoms with Gasteiger partial charge in [-0.05, 0) is 19.8 Å². The van der Waals surface area contributed by atoms with Crippen molar-refractivity contribution in [3.05, 3.63) is 0 Å². The first kappa shape index (κ1) is 15.4. The number of amides is 1. The maximum atomic E-state index is 12.4. The van der Waals surface area contributed by atoms with Gasteiger partial charge in [0.1, 0.15) is 11.8 Å². The first-order valence-electron chi connectivity index (χ1n) is 7.84. The van der Waals surface area contributed by atoms with Crippen molar-refractivity contribution < 1.29 is 14.3 Å². The monoisotopic (exact) mass is 282 g/mol. The molecule has 0 aromatic heterocycles. The molecule has 114 valence electrons. The van der Waals surface area contributed by atoms with Gasteiger partial charge in [0.25, 0.3) is 0 Å². The summed E-state index contributed by atoms with van der Waals surface area (Å²) in [5.74, 6) is 0.492. The minimum Gasteiger partial charge on any atom is -0.378 e. The highest BCUT2D eigenvalue weighted by Gasteiger charge is 2.32. The molecule has 1 amide bonds. The van der Waals surface area contributed by atoms with Gasteiger partial charge in [0, 0.05) is 19.0 Å². The van der Waals surface area contributed by atoms with Crippen LogP contribution >= 0.6 is 0 Å². The summed E-state index contributed by atoms with van der Waals surface area (Å²) in [7, 11) is 0. The Morgan fingerprint density at radius 3 is 2.70 bits per heavy atom. The number of hydrogen-bond donors (Lipinski definition) is 1. The highest BCUT2D eigenvalue weighted by molar-refractivity contribution is 5.85. The van der Waals surface area contributed by atoms with Crippen LogP contribution in [0.25, 0.3) is 0 Å². The third-order valence-corrected chi connectivity index (χ3v) is 4.31. The molecular weight excluding hydrogens is 256 g/mol. The molecule has 20 heavy (non-hydrogen) atoms. The van der Waals surface area contributed by atoms with Crippen molar-refractivity contribution in [1.29, 1.82) is 0 Å². The van der Waals surface area contributed by atoms with Crippen molar-refractivity contribution in [2.24, 2.45) is 5.92 Å². The van der Waals surface area contributed by atoms with E-state index in [0.717, 1.165) is 12.8 Å². The van der Waals surface area contributed by atoms with Crippen molar-refractivity contribution in [2.75, 3.05) is 32.8 Å². The largest absolute Gasteiger partial charge is 0.378 e. The lowest BCUT2D eigenvalue weighted by atomic mass is 9.86. The summed E-state index contributed by atoms with van der Waals surface area (Å²) in [5, 5.41) is 2.83. The summed E-state index contributed by atoms with van der Waals surface area (Å²) in [4.78, 5) is 26.4. The fourth-order valence-corrected chi connectivity index (χ4v) is 3.11. The second-order valence-corrected chi connectivity index (χ2v) is 5.76. The molecular formula is C15H26N2O3. The maximum absolute atomic E-state index is 12.4. The first-order chi connectivity index (χ1) is 9.72. The van der Waals surface area contributed by atoms with Crippen LogP contribution in [0.4, 0.5) is 0 Å². The zero-order chi connectivity index (χ0) is 14.4. The molecule has 1 heterocycles. The van der Waals surface area contributed by atoms with Gasteiger partial charge in [0.2, 0.25) is 5.91 Å². The topological polar surface area (TPSA) is 58.6 Å². The molecule has 1 atom stereocenters. The minimum atomic E-state index is -0.309. The molecule has 1 aliphatic heterocycles. The lowest BCUT2D eigenvalue weighted by Gasteiger charge is -2.35. The van der Waals surface area contributed by atoms with Gasteiger partial charge in [-0.2, -0.15) is 0 Å². The van der Waals surface area contributed by atoms with Gasteiger partial charge in [-0.3, -0.25) is 14.5 Å². The Morgan fingerprint density at radius 1 is 1.25 bits per heavy atom. The van der Waals surface area contributed by atoms with Crippen LogP contribution < -0.4 is 5.32 Å². The third kappa shape index (κ3) is 4.03. The van der Waals surface area contributed by atoms with Crippen molar-refractivity contribution in [3.8, 4) is 0 Å². The van der Waals surface area contributed by atoms with E-state index in [4.69, 9.17) is 4.74 Å². The van der Waals surface area contributed by atoms with Crippen molar-refractivity contribution in [3.63, 3.8) is 0 Å². The van der Waals surface area contributed by atoms with Gasteiger partial charge < -0.3 is 10.1 Å². The number of hydrogen-bond acceptors (Lipinski definition) is 4. The number of carbonyl (C=O) groups excluding carboxylic acids is 2. The predicted octanol–water partition coefficient (Wildman–Crippen LogP) is 0.973. The van der Waals surface area contributed by atoms with Crippen LogP contribution in [-0.4, -0.2) is 55.5 Å². The molecule has 0 aromatic carbocycles. The zero-order valence-electron chi connectivity index (χ0n) is 12.4. The molecule has 2 rings (SSSR count). The SMILES string of the molecule is CCNC(=O)C1COCCN1CC(=O)C1CCCCC1. The number of likely N-dealkylation sites (N-methyl/N-ethyl adjacent to an activating group) is 1. The number of ether oxygens (including phenoxy) is 1. The van der Waals surface area contributed by atoms with Crippen LogP contribution in [0, 0.1) is 5.92 Å². The van der Waals surface area contributed by atoms with Crippen LogP contribution in [-0.2, 0) is 14.3 Å². The number of Topliss-reactive ketones (excluding diaryl/α,β-unsaturated/α-hetero) is 1. The Bertz CT molecular complexity index is 340. The molecule has 0 radical (unpaired) electrons. The second kappa shape index (κ2) is 7.74. The van der Waals surface area contributed by atoms with E-state index in [1.807, 2.05) is 11.8 Å². The van der Waals surface area contributed by atoms with E-state index in [9.17, 15) is 9.59 Å². The number of morpholine rings is 1. The van der Waals surface area contributed by atoms with Crippen molar-refractivity contribution in [1.82, 2.24) is 10.2 Å². The normalized spacial score (nSPS) is 25.4. The third-order valence-electron chi connectivity index (χ3n) is 4.31. The highest BCUT2D eigenvalue weighted by atomic mass is 16.5. The van der Waals surface area contributed by atoms with Gasteiger partial charge in [-0.25, -0.2) is 0 Å². The van der Waals surface area contributed by atoms with E-state index in [2.05, 4.69) is 5.32 Å². The fraction of sp³-hybridized carbons (Fsp3) is 0.867. The van der Waals surface area contributed by atoms with E-state index in [0.29, 0.717) is 38.6 Å². The molecule has 0 bridgehead atoms. The first-order valence-corrected chi connectivity index (χ1v) is 7.84. The fourth-order valence-electron chi connectivity index (χ4n) is 3.11. The quantitative estimate of drug-likeness (QED) is 0.816. The van der Waals surface area contributed by atoms with Crippen LogP contribution in [0.15, 0.2) is 0 Å². The minimum absolute atomic E-state index is 0.0244. The molecule has 1 saturated carbocycles. The molecule has 5 heteroatoms. The van der Waals surface area contributed by atoms with E-state index in [1.165, 1.54) is 19.3 Å². The summed E-state index contributed by atoms with van der Waals surface area (Å²) < 4.78 is 5.39. The molecule has 1 aliphatic carbocycles. The number of ketones is 1. The van der Waals surface area contributed by atoms with Crippen LogP contribution in [0.1, 0.15) is 39.0 Å². The Kier molecular flexibility index (Phi) is 5.98. The number of carbonyl (C=O) groups is 2. The lowest BCUT2D eigenvalue weighted by Crippen LogP contribution is -2.55. The van der Waals surface area contributed by atoms with E-state index in [1.54, 1.807) is 0 Å². The summed E-state index contributed by atoms with van der Waals surface area (Å²) in [5.41, 5.74) is 0. The number of rotatable bonds is 5. The van der Waals surface area contributed by atoms with E-state index in [-0.39, 0.29) is 17.9 Å². The van der Waals surface area contributed by atoms with Gasteiger partial charge >= 0.3 is 0 Å². The summed E-state index contributed by atoms with van der Waals surface area (Å²) in [6.07, 6.45) is 5.63. The van der Waals surface area contributed by atoms with Gasteiger partial charge in [0.15, 0.2) is 0 Å². The molecule has 1 unspecified atom stereocenters. The lowest BCUT2D eigenvalue weighted by molar-refractivity contribution is -0.136. The molecule has 1 saturated heterocycles. The number of nitrogens with one attached hydrogen (secondary N) is 1. The van der Waals surface area contributed by atoms with Crippen LogP contribution in [0.2, 0.25) is 0 Å². The average molecular weight is 282 g/mol. The van der Waals surface area contributed by atoms with Crippen LogP contribution in [0.5, 0.6) is 0 Å². The Hall–Kier alpha value is -0.940. The Morgan fingerprint density at radius 2 is 2.00 bits per heavy atom. The van der Waals surface area contributed by atoms with Crippen molar-refractivity contribution in [2.45, 2.75) is 45.1 Å². The zero-order valence-corrected chi connectivity index (χ0v) is 12.4. The molecule has 2 fully saturated rings. The van der Waals surface area contributed by atoms with Gasteiger partial charge in [-0.1, -0.05) is 19.3 Å². The van der Waals surface area contributed by atoms with Gasteiger partial charge in [-0.15, -0.1) is 0 Å². The van der Waals surface area contributed by atoms with E-state index >= 15 is 0 Å². The summed E-state index contributed by atoms with van der Waals surface area (Å²) in [6.45, 7) is 4.58. The van der Waals surface area contributed by atoms with Gasteiger partial charge in [0.05, 0.1) is 19.8 Å². The average Bonchev–Trinajstić information content (AvgIpc) is 2.49.